The number of hydrogen-bond donors (Lipinski definition) is 1. The Morgan fingerprint density at radius 1 is 1.25 bits per heavy atom. The van der Waals surface area contributed by atoms with Crippen molar-refractivity contribution in [2.45, 2.75) is 44.4 Å². The first-order valence-corrected chi connectivity index (χ1v) is 7.18. The van der Waals surface area contributed by atoms with Crippen molar-refractivity contribution in [1.29, 1.82) is 0 Å². The lowest BCUT2D eigenvalue weighted by molar-refractivity contribution is -0.137. The van der Waals surface area contributed by atoms with Crippen LogP contribution in [0, 0.1) is 0 Å². The van der Waals surface area contributed by atoms with E-state index < -0.39 is 5.97 Å². The molecule has 2 aliphatic rings. The van der Waals surface area contributed by atoms with Crippen LogP contribution in [-0.4, -0.2) is 24.3 Å². The Balaban J connectivity index is 2.06. The largest absolute Gasteiger partial charge is 0.486 e. The molecule has 0 amide bonds. The van der Waals surface area contributed by atoms with Gasteiger partial charge in [-0.05, 0) is 42.0 Å². The van der Waals surface area contributed by atoms with Crippen molar-refractivity contribution in [3.05, 3.63) is 23.3 Å². The predicted molar refractivity (Wildman–Crippen MR) is 74.7 cm³/mol. The van der Waals surface area contributed by atoms with Crippen LogP contribution in [0.1, 0.15) is 50.2 Å². The second kappa shape index (κ2) is 4.69. The Morgan fingerprint density at radius 2 is 1.85 bits per heavy atom. The van der Waals surface area contributed by atoms with E-state index in [1.807, 2.05) is 12.1 Å². The molecule has 0 atom stereocenters. The summed E-state index contributed by atoms with van der Waals surface area (Å²) in [6, 6.07) is 4.05. The van der Waals surface area contributed by atoms with Crippen LogP contribution >= 0.6 is 0 Å². The number of benzene rings is 1. The van der Waals surface area contributed by atoms with Gasteiger partial charge in [-0.15, -0.1) is 0 Å². The van der Waals surface area contributed by atoms with E-state index in [-0.39, 0.29) is 11.8 Å². The van der Waals surface area contributed by atoms with Gasteiger partial charge >= 0.3 is 5.97 Å². The van der Waals surface area contributed by atoms with Crippen molar-refractivity contribution in [2.75, 3.05) is 13.2 Å². The molecule has 0 radical (unpaired) electrons. The van der Waals surface area contributed by atoms with E-state index in [0.717, 1.165) is 29.9 Å². The third kappa shape index (κ3) is 2.23. The maximum absolute atomic E-state index is 11.1. The maximum atomic E-state index is 11.1. The fourth-order valence-electron chi connectivity index (χ4n) is 3.02. The molecule has 1 N–H and O–H groups in total. The van der Waals surface area contributed by atoms with Gasteiger partial charge in [-0.2, -0.15) is 0 Å². The molecule has 0 aromatic heterocycles. The zero-order chi connectivity index (χ0) is 14.3. The van der Waals surface area contributed by atoms with Crippen LogP contribution in [0.3, 0.4) is 0 Å². The standard InChI is InChI=1S/C16H20O4/c1-10(2)11-7-13-14(20-6-5-19-13)8-12(11)16(3-4-16)9-15(17)18/h7-8,10H,3-6,9H2,1-2H3,(H,17,18). The van der Waals surface area contributed by atoms with E-state index in [9.17, 15) is 4.79 Å². The smallest absolute Gasteiger partial charge is 0.304 e. The van der Waals surface area contributed by atoms with Crippen molar-refractivity contribution >= 4 is 5.97 Å². The van der Waals surface area contributed by atoms with E-state index in [1.54, 1.807) is 0 Å². The molecule has 108 valence electrons. The summed E-state index contributed by atoms with van der Waals surface area (Å²) in [5.41, 5.74) is 2.13. The van der Waals surface area contributed by atoms with Gasteiger partial charge in [0.2, 0.25) is 0 Å². The van der Waals surface area contributed by atoms with E-state index >= 15 is 0 Å². The molecule has 1 heterocycles. The highest BCUT2D eigenvalue weighted by molar-refractivity contribution is 5.71. The number of carboxylic acid groups (broad SMARTS) is 1. The van der Waals surface area contributed by atoms with Gasteiger partial charge in [0.1, 0.15) is 13.2 Å². The lowest BCUT2D eigenvalue weighted by Gasteiger charge is -2.25. The molecule has 4 nitrogen and oxygen atoms in total. The van der Waals surface area contributed by atoms with Crippen molar-refractivity contribution < 1.29 is 19.4 Å². The average molecular weight is 276 g/mol. The SMILES string of the molecule is CC(C)c1cc2c(cc1C1(CC(=O)O)CC1)OCCO2. The highest BCUT2D eigenvalue weighted by Crippen LogP contribution is 2.55. The highest BCUT2D eigenvalue weighted by Gasteiger charge is 2.48. The van der Waals surface area contributed by atoms with Gasteiger partial charge < -0.3 is 14.6 Å². The first-order valence-electron chi connectivity index (χ1n) is 7.18. The molecule has 0 spiro atoms. The van der Waals surface area contributed by atoms with Crippen molar-refractivity contribution in [2.24, 2.45) is 0 Å². The minimum Gasteiger partial charge on any atom is -0.486 e. The van der Waals surface area contributed by atoms with Crippen molar-refractivity contribution in [3.8, 4) is 11.5 Å². The lowest BCUT2D eigenvalue weighted by atomic mass is 9.84. The van der Waals surface area contributed by atoms with Gasteiger partial charge in [-0.3, -0.25) is 4.79 Å². The number of carbonyl (C=O) groups is 1. The molecule has 1 aliphatic heterocycles. The first-order chi connectivity index (χ1) is 9.52. The van der Waals surface area contributed by atoms with Gasteiger partial charge in [-0.25, -0.2) is 0 Å². The summed E-state index contributed by atoms with van der Waals surface area (Å²) in [5, 5.41) is 9.16. The Kier molecular flexibility index (Phi) is 3.11. The summed E-state index contributed by atoms with van der Waals surface area (Å²) in [6.07, 6.45) is 2.09. The quantitative estimate of drug-likeness (QED) is 0.918. The van der Waals surface area contributed by atoms with Crippen LogP contribution in [0.5, 0.6) is 11.5 Å². The van der Waals surface area contributed by atoms with E-state index in [2.05, 4.69) is 13.8 Å². The monoisotopic (exact) mass is 276 g/mol. The van der Waals surface area contributed by atoms with Crippen LogP contribution in [0.4, 0.5) is 0 Å². The minimum absolute atomic E-state index is 0.193. The van der Waals surface area contributed by atoms with Gasteiger partial charge in [0.15, 0.2) is 11.5 Å². The number of carboxylic acids is 1. The molecule has 0 unspecified atom stereocenters. The van der Waals surface area contributed by atoms with Gasteiger partial charge in [-0.1, -0.05) is 13.8 Å². The van der Waals surface area contributed by atoms with E-state index in [1.165, 1.54) is 5.56 Å². The van der Waals surface area contributed by atoms with Gasteiger partial charge in [0.25, 0.3) is 0 Å². The highest BCUT2D eigenvalue weighted by atomic mass is 16.6. The fourth-order valence-corrected chi connectivity index (χ4v) is 3.02. The maximum Gasteiger partial charge on any atom is 0.304 e. The van der Waals surface area contributed by atoms with Crippen LogP contribution in [0.2, 0.25) is 0 Å². The van der Waals surface area contributed by atoms with Crippen LogP contribution in [0.25, 0.3) is 0 Å². The summed E-state index contributed by atoms with van der Waals surface area (Å²) < 4.78 is 11.3. The molecule has 1 aliphatic carbocycles. The zero-order valence-electron chi connectivity index (χ0n) is 11.9. The second-order valence-corrected chi connectivity index (χ2v) is 6.09. The number of hydrogen-bond acceptors (Lipinski definition) is 3. The molecule has 1 aromatic rings. The molecular weight excluding hydrogens is 256 g/mol. The topological polar surface area (TPSA) is 55.8 Å². The Hall–Kier alpha value is -1.71. The molecule has 4 heteroatoms. The molecule has 1 aromatic carbocycles. The Morgan fingerprint density at radius 3 is 2.35 bits per heavy atom. The molecule has 3 rings (SSSR count). The van der Waals surface area contributed by atoms with E-state index in [0.29, 0.717) is 19.1 Å². The van der Waals surface area contributed by atoms with Crippen molar-refractivity contribution in [3.63, 3.8) is 0 Å². The second-order valence-electron chi connectivity index (χ2n) is 6.09. The average Bonchev–Trinajstić information content (AvgIpc) is 3.17. The Labute approximate surface area is 118 Å². The summed E-state index contributed by atoms with van der Waals surface area (Å²) in [4.78, 5) is 11.1. The normalized spacial score (nSPS) is 18.9. The predicted octanol–water partition coefficient (Wildman–Crippen LogP) is 3.09. The molecule has 0 saturated heterocycles. The molecule has 0 bridgehead atoms. The molecular formula is C16H20O4. The minimum atomic E-state index is -0.730. The van der Waals surface area contributed by atoms with Crippen molar-refractivity contribution in [1.82, 2.24) is 0 Å². The molecule has 20 heavy (non-hydrogen) atoms. The zero-order valence-corrected chi connectivity index (χ0v) is 11.9. The van der Waals surface area contributed by atoms with Crippen LogP contribution in [-0.2, 0) is 10.2 Å². The number of ether oxygens (including phenoxy) is 2. The number of aliphatic carboxylic acids is 1. The van der Waals surface area contributed by atoms with Crippen LogP contribution < -0.4 is 9.47 Å². The molecule has 1 fully saturated rings. The third-order valence-corrected chi connectivity index (χ3v) is 4.25. The molecule has 1 saturated carbocycles. The van der Waals surface area contributed by atoms with E-state index in [4.69, 9.17) is 14.6 Å². The first kappa shape index (κ1) is 13.3. The third-order valence-electron chi connectivity index (χ3n) is 4.25. The lowest BCUT2D eigenvalue weighted by Crippen LogP contribution is -2.19. The summed E-state index contributed by atoms with van der Waals surface area (Å²) in [6.45, 7) is 5.39. The fraction of sp³-hybridized carbons (Fsp3) is 0.562. The summed E-state index contributed by atoms with van der Waals surface area (Å²) in [7, 11) is 0. The summed E-state index contributed by atoms with van der Waals surface area (Å²) in [5.74, 6) is 1.15. The Bertz CT molecular complexity index is 544. The van der Waals surface area contributed by atoms with Gasteiger partial charge in [0, 0.05) is 5.41 Å². The van der Waals surface area contributed by atoms with Gasteiger partial charge in [0.05, 0.1) is 6.42 Å². The summed E-state index contributed by atoms with van der Waals surface area (Å²) >= 11 is 0. The van der Waals surface area contributed by atoms with Crippen LogP contribution in [0.15, 0.2) is 12.1 Å². The number of rotatable bonds is 4. The number of fused-ring (bicyclic) bond motifs is 1.